The van der Waals surface area contributed by atoms with E-state index in [4.69, 9.17) is 11.6 Å². The summed E-state index contributed by atoms with van der Waals surface area (Å²) in [5.74, 6) is -1.08. The number of halogens is 3. The molecule has 0 heterocycles. The van der Waals surface area contributed by atoms with E-state index in [9.17, 15) is 9.18 Å². The molecule has 0 aromatic heterocycles. The van der Waals surface area contributed by atoms with Gasteiger partial charge in [-0.25, -0.2) is 4.39 Å². The summed E-state index contributed by atoms with van der Waals surface area (Å²) >= 11 is 9.17. The van der Waals surface area contributed by atoms with Gasteiger partial charge in [-0.1, -0.05) is 11.6 Å². The van der Waals surface area contributed by atoms with Crippen LogP contribution in [-0.2, 0) is 9.53 Å². The molecule has 0 aliphatic rings. The molecule has 1 aromatic carbocycles. The van der Waals surface area contributed by atoms with Crippen molar-refractivity contribution in [2.45, 2.75) is 19.9 Å². The summed E-state index contributed by atoms with van der Waals surface area (Å²) in [6, 6.07) is 2.32. The highest BCUT2D eigenvalue weighted by molar-refractivity contribution is 9.10. The van der Waals surface area contributed by atoms with Crippen LogP contribution < -0.4 is 5.32 Å². The molecule has 18 heavy (non-hydrogen) atoms. The predicted molar refractivity (Wildman–Crippen MR) is 73.4 cm³/mol. The molecule has 0 fully saturated rings. The van der Waals surface area contributed by atoms with Crippen LogP contribution in [0.1, 0.15) is 13.8 Å². The number of carbonyl (C=O) groups is 1. The van der Waals surface area contributed by atoms with E-state index in [0.717, 1.165) is 0 Å². The third-order valence-corrected chi connectivity index (χ3v) is 3.63. The number of hydrogen-bond donors (Lipinski definition) is 1. The molecule has 1 rings (SSSR count). The highest BCUT2D eigenvalue weighted by Gasteiger charge is 2.22. The number of ether oxygens (including phenoxy) is 1. The fourth-order valence-corrected chi connectivity index (χ4v) is 2.34. The number of carbonyl (C=O) groups excluding carboxylic acids is 1. The van der Waals surface area contributed by atoms with Gasteiger partial charge in [0.15, 0.2) is 0 Å². The van der Waals surface area contributed by atoms with E-state index in [0.29, 0.717) is 10.2 Å². The fraction of sp³-hybridized carbons (Fsp3) is 0.417. The summed E-state index contributed by atoms with van der Waals surface area (Å²) < 4.78 is 18.2. The van der Waals surface area contributed by atoms with Crippen molar-refractivity contribution < 1.29 is 13.9 Å². The molecular formula is C12H14BrClFNO2. The van der Waals surface area contributed by atoms with Crippen LogP contribution in [0.2, 0.25) is 5.02 Å². The first kappa shape index (κ1) is 15.2. The second kappa shape index (κ2) is 6.38. The van der Waals surface area contributed by atoms with Gasteiger partial charge in [-0.3, -0.25) is 4.79 Å². The fourth-order valence-electron chi connectivity index (χ4n) is 1.42. The first-order valence-electron chi connectivity index (χ1n) is 5.35. The number of nitrogens with one attached hydrogen (secondary N) is 1. The van der Waals surface area contributed by atoms with Crippen molar-refractivity contribution in [3.05, 3.63) is 27.4 Å². The quantitative estimate of drug-likeness (QED) is 0.847. The highest BCUT2D eigenvalue weighted by Crippen LogP contribution is 2.32. The number of anilines is 1. The molecule has 1 aromatic rings. The summed E-state index contributed by atoms with van der Waals surface area (Å²) in [4.78, 5) is 11.4. The number of methoxy groups -OCH3 is 1. The third kappa shape index (κ3) is 3.59. The Bertz CT molecular complexity index is 433. The second-order valence-corrected chi connectivity index (χ2v) is 5.25. The molecule has 0 saturated heterocycles. The average Bonchev–Trinajstić information content (AvgIpc) is 2.31. The number of esters is 1. The second-order valence-electron chi connectivity index (χ2n) is 3.99. The smallest absolute Gasteiger partial charge is 0.310 e. The highest BCUT2D eigenvalue weighted by atomic mass is 79.9. The maximum Gasteiger partial charge on any atom is 0.310 e. The van der Waals surface area contributed by atoms with Crippen molar-refractivity contribution in [1.82, 2.24) is 0 Å². The molecule has 3 nitrogen and oxygen atoms in total. The van der Waals surface area contributed by atoms with E-state index in [1.54, 1.807) is 6.92 Å². The van der Waals surface area contributed by atoms with Gasteiger partial charge in [-0.15, -0.1) is 0 Å². The zero-order valence-corrected chi connectivity index (χ0v) is 12.6. The van der Waals surface area contributed by atoms with Gasteiger partial charge in [0.05, 0.1) is 23.7 Å². The maximum absolute atomic E-state index is 13.1. The van der Waals surface area contributed by atoms with Crippen molar-refractivity contribution in [3.8, 4) is 0 Å². The number of rotatable bonds is 4. The van der Waals surface area contributed by atoms with Crippen LogP contribution in [0.15, 0.2) is 16.6 Å². The predicted octanol–water partition coefficient (Wildman–Crippen LogP) is 3.85. The van der Waals surface area contributed by atoms with Gasteiger partial charge < -0.3 is 10.1 Å². The molecule has 1 N–H and O–H groups in total. The van der Waals surface area contributed by atoms with Crippen LogP contribution in [0.3, 0.4) is 0 Å². The average molecular weight is 339 g/mol. The minimum absolute atomic E-state index is 0.197. The lowest BCUT2D eigenvalue weighted by Gasteiger charge is -2.22. The van der Waals surface area contributed by atoms with E-state index in [1.807, 2.05) is 6.92 Å². The van der Waals surface area contributed by atoms with E-state index in [-0.39, 0.29) is 23.0 Å². The van der Waals surface area contributed by atoms with Gasteiger partial charge in [0, 0.05) is 10.5 Å². The van der Waals surface area contributed by atoms with Crippen LogP contribution in [0.25, 0.3) is 0 Å². The largest absolute Gasteiger partial charge is 0.469 e. The zero-order chi connectivity index (χ0) is 13.9. The first-order valence-corrected chi connectivity index (χ1v) is 6.52. The Morgan fingerprint density at radius 3 is 2.61 bits per heavy atom. The lowest BCUT2D eigenvalue weighted by molar-refractivity contribution is -0.145. The van der Waals surface area contributed by atoms with Crippen LogP contribution in [0.5, 0.6) is 0 Å². The Morgan fingerprint density at radius 2 is 2.11 bits per heavy atom. The minimum Gasteiger partial charge on any atom is -0.469 e. The molecule has 0 saturated carbocycles. The van der Waals surface area contributed by atoms with Crippen molar-refractivity contribution in [2.24, 2.45) is 5.92 Å². The van der Waals surface area contributed by atoms with Gasteiger partial charge in [-0.2, -0.15) is 0 Å². The first-order chi connectivity index (χ1) is 8.36. The van der Waals surface area contributed by atoms with Crippen LogP contribution in [-0.4, -0.2) is 19.1 Å². The van der Waals surface area contributed by atoms with E-state index in [2.05, 4.69) is 26.0 Å². The summed E-state index contributed by atoms with van der Waals surface area (Å²) in [6.45, 7) is 3.57. The molecule has 2 atom stereocenters. The molecule has 100 valence electrons. The van der Waals surface area contributed by atoms with Crippen LogP contribution >= 0.6 is 27.5 Å². The lowest BCUT2D eigenvalue weighted by Crippen LogP contribution is -2.31. The normalized spacial score (nSPS) is 13.9. The SMILES string of the molecule is COC(=O)C(C)C(C)Nc1c(Cl)cc(F)cc1Br. The number of benzene rings is 1. The maximum atomic E-state index is 13.1. The zero-order valence-electron chi connectivity index (χ0n) is 10.3. The Balaban J connectivity index is 2.88. The topological polar surface area (TPSA) is 38.3 Å². The van der Waals surface area contributed by atoms with E-state index >= 15 is 0 Å². The molecule has 0 amide bonds. The van der Waals surface area contributed by atoms with Crippen molar-refractivity contribution in [2.75, 3.05) is 12.4 Å². The minimum atomic E-state index is -0.425. The number of hydrogen-bond acceptors (Lipinski definition) is 3. The Kier molecular flexibility index (Phi) is 5.41. The molecular weight excluding hydrogens is 324 g/mol. The molecule has 0 bridgehead atoms. The molecule has 0 aliphatic carbocycles. The van der Waals surface area contributed by atoms with Crippen molar-refractivity contribution in [1.29, 1.82) is 0 Å². The van der Waals surface area contributed by atoms with Crippen molar-refractivity contribution >= 4 is 39.2 Å². The van der Waals surface area contributed by atoms with Gasteiger partial charge in [0.1, 0.15) is 5.82 Å². The standard InChI is InChI=1S/C12H14BrClFNO2/c1-6(12(17)18-3)7(2)16-11-9(13)4-8(15)5-10(11)14/h4-7,16H,1-3H3. The van der Waals surface area contributed by atoms with Gasteiger partial charge in [0.2, 0.25) is 0 Å². The molecule has 0 aliphatic heterocycles. The summed E-state index contributed by atoms with van der Waals surface area (Å²) in [5.41, 5.74) is 0.557. The van der Waals surface area contributed by atoms with E-state index < -0.39 is 5.82 Å². The Hall–Kier alpha value is -0.810. The summed E-state index contributed by atoms with van der Waals surface area (Å²) in [7, 11) is 1.34. The molecule has 0 radical (unpaired) electrons. The Morgan fingerprint density at radius 1 is 1.50 bits per heavy atom. The Labute approximate surface area is 119 Å². The van der Waals surface area contributed by atoms with Crippen LogP contribution in [0, 0.1) is 11.7 Å². The van der Waals surface area contributed by atoms with Gasteiger partial charge in [0.25, 0.3) is 0 Å². The van der Waals surface area contributed by atoms with Crippen molar-refractivity contribution in [3.63, 3.8) is 0 Å². The van der Waals surface area contributed by atoms with Gasteiger partial charge >= 0.3 is 5.97 Å². The summed E-state index contributed by atoms with van der Waals surface area (Å²) in [6.07, 6.45) is 0. The molecule has 2 unspecified atom stereocenters. The molecule has 6 heteroatoms. The third-order valence-electron chi connectivity index (χ3n) is 2.70. The lowest BCUT2D eigenvalue weighted by atomic mass is 10.0. The molecule has 0 spiro atoms. The summed E-state index contributed by atoms with van der Waals surface area (Å²) in [5, 5.41) is 3.33. The van der Waals surface area contributed by atoms with Gasteiger partial charge in [-0.05, 0) is 41.9 Å². The van der Waals surface area contributed by atoms with Crippen LogP contribution in [0.4, 0.5) is 10.1 Å². The van der Waals surface area contributed by atoms with E-state index in [1.165, 1.54) is 19.2 Å². The monoisotopic (exact) mass is 337 g/mol.